The van der Waals surface area contributed by atoms with Gasteiger partial charge in [-0.15, -0.1) is 0 Å². The number of carbonyl (C=O) groups is 1. The average molecular weight is 236 g/mol. The van der Waals surface area contributed by atoms with Gasteiger partial charge in [0.15, 0.2) is 17.4 Å². The molecule has 5 heteroatoms. The predicted molar refractivity (Wildman–Crippen MR) is 57.6 cm³/mol. The molecule has 0 fully saturated rings. The zero-order chi connectivity index (χ0) is 12.4. The molecular formula is C12H10F2N2O. The summed E-state index contributed by atoms with van der Waals surface area (Å²) < 4.78 is 27.9. The van der Waals surface area contributed by atoms with Crippen LogP contribution in [-0.2, 0) is 13.5 Å². The van der Waals surface area contributed by atoms with Crippen LogP contribution in [0, 0.1) is 11.6 Å². The fraction of sp³-hybridized carbons (Fsp3) is 0.167. The number of aryl methyl sites for hydroxylation is 1. The molecule has 0 atom stereocenters. The van der Waals surface area contributed by atoms with Crippen LogP contribution in [0.4, 0.5) is 8.78 Å². The van der Waals surface area contributed by atoms with Crippen molar-refractivity contribution in [2.24, 2.45) is 7.05 Å². The van der Waals surface area contributed by atoms with Crippen molar-refractivity contribution in [1.82, 2.24) is 9.55 Å². The van der Waals surface area contributed by atoms with Crippen LogP contribution < -0.4 is 0 Å². The SMILES string of the molecule is Cn1cnc(C(=O)Cc2cccc(F)c2F)c1. The molecule has 17 heavy (non-hydrogen) atoms. The molecule has 0 N–H and O–H groups in total. The van der Waals surface area contributed by atoms with Gasteiger partial charge in [0.05, 0.1) is 6.33 Å². The molecule has 0 aliphatic rings. The van der Waals surface area contributed by atoms with E-state index in [0.29, 0.717) is 0 Å². The lowest BCUT2D eigenvalue weighted by Gasteiger charge is -2.01. The standard InChI is InChI=1S/C12H10F2N2O/c1-16-6-10(15-7-16)11(17)5-8-3-2-4-9(13)12(8)14/h2-4,6-7H,5H2,1H3. The van der Waals surface area contributed by atoms with E-state index in [1.54, 1.807) is 17.8 Å². The highest BCUT2D eigenvalue weighted by molar-refractivity contribution is 5.95. The number of aromatic nitrogens is 2. The van der Waals surface area contributed by atoms with Gasteiger partial charge in [0.25, 0.3) is 0 Å². The summed E-state index contributed by atoms with van der Waals surface area (Å²) in [4.78, 5) is 15.6. The van der Waals surface area contributed by atoms with Gasteiger partial charge in [-0.2, -0.15) is 0 Å². The fourth-order valence-electron chi connectivity index (χ4n) is 1.51. The van der Waals surface area contributed by atoms with E-state index in [1.165, 1.54) is 18.5 Å². The van der Waals surface area contributed by atoms with Gasteiger partial charge >= 0.3 is 0 Å². The Morgan fingerprint density at radius 2 is 2.18 bits per heavy atom. The van der Waals surface area contributed by atoms with Crippen molar-refractivity contribution >= 4 is 5.78 Å². The maximum Gasteiger partial charge on any atom is 0.187 e. The molecule has 0 radical (unpaired) electrons. The molecule has 2 rings (SSSR count). The summed E-state index contributed by atoms with van der Waals surface area (Å²) in [7, 11) is 1.73. The smallest absolute Gasteiger partial charge is 0.187 e. The summed E-state index contributed by atoms with van der Waals surface area (Å²) in [6.45, 7) is 0. The number of ketones is 1. The minimum atomic E-state index is -0.975. The molecule has 1 aromatic carbocycles. The number of imidazole rings is 1. The molecule has 1 heterocycles. The van der Waals surface area contributed by atoms with E-state index >= 15 is 0 Å². The molecule has 3 nitrogen and oxygen atoms in total. The van der Waals surface area contributed by atoms with Gasteiger partial charge < -0.3 is 4.57 Å². The zero-order valence-corrected chi connectivity index (χ0v) is 9.15. The zero-order valence-electron chi connectivity index (χ0n) is 9.15. The van der Waals surface area contributed by atoms with Crippen LogP contribution >= 0.6 is 0 Å². The Morgan fingerprint density at radius 3 is 2.82 bits per heavy atom. The van der Waals surface area contributed by atoms with E-state index < -0.39 is 11.6 Å². The third kappa shape index (κ3) is 2.38. The van der Waals surface area contributed by atoms with E-state index in [4.69, 9.17) is 0 Å². The third-order valence-corrected chi connectivity index (χ3v) is 2.37. The molecule has 0 bridgehead atoms. The van der Waals surface area contributed by atoms with Crippen molar-refractivity contribution in [3.05, 3.63) is 53.6 Å². The van der Waals surface area contributed by atoms with Crippen molar-refractivity contribution in [3.8, 4) is 0 Å². The van der Waals surface area contributed by atoms with Gasteiger partial charge in [0.1, 0.15) is 5.69 Å². The summed E-state index contributed by atoms with van der Waals surface area (Å²) in [6, 6.07) is 3.78. The van der Waals surface area contributed by atoms with Gasteiger partial charge in [0, 0.05) is 19.7 Å². The van der Waals surface area contributed by atoms with Crippen LogP contribution in [-0.4, -0.2) is 15.3 Å². The maximum atomic E-state index is 13.3. The van der Waals surface area contributed by atoms with Crippen molar-refractivity contribution in [1.29, 1.82) is 0 Å². The molecule has 0 aliphatic heterocycles. The Bertz CT molecular complexity index is 563. The minimum absolute atomic E-state index is 0.0423. The predicted octanol–water partition coefficient (Wildman–Crippen LogP) is 2.12. The quantitative estimate of drug-likeness (QED) is 0.765. The summed E-state index contributed by atoms with van der Waals surface area (Å²) in [6.07, 6.45) is 2.83. The molecule has 2 aromatic rings. The van der Waals surface area contributed by atoms with Gasteiger partial charge in [-0.3, -0.25) is 4.79 Å². The van der Waals surface area contributed by atoms with Gasteiger partial charge in [0.2, 0.25) is 0 Å². The van der Waals surface area contributed by atoms with Crippen molar-refractivity contribution in [2.75, 3.05) is 0 Å². The van der Waals surface area contributed by atoms with E-state index in [1.807, 2.05) is 0 Å². The summed E-state index contributed by atoms with van der Waals surface area (Å²) in [5, 5.41) is 0. The number of benzene rings is 1. The molecule has 88 valence electrons. The van der Waals surface area contributed by atoms with Gasteiger partial charge in [-0.05, 0) is 11.6 Å². The Labute approximate surface area is 96.7 Å². The summed E-state index contributed by atoms with van der Waals surface area (Å²) in [5.74, 6) is -2.26. The molecule has 1 aromatic heterocycles. The minimum Gasteiger partial charge on any atom is -0.340 e. The first-order chi connectivity index (χ1) is 8.08. The van der Waals surface area contributed by atoms with Crippen LogP contribution in [0.1, 0.15) is 16.1 Å². The highest BCUT2D eigenvalue weighted by Gasteiger charge is 2.14. The first-order valence-electron chi connectivity index (χ1n) is 5.02. The normalized spacial score (nSPS) is 10.5. The molecule has 0 saturated heterocycles. The van der Waals surface area contributed by atoms with E-state index in [9.17, 15) is 13.6 Å². The van der Waals surface area contributed by atoms with Crippen LogP contribution in [0.2, 0.25) is 0 Å². The van der Waals surface area contributed by atoms with E-state index in [-0.39, 0.29) is 23.5 Å². The van der Waals surface area contributed by atoms with E-state index in [2.05, 4.69) is 4.98 Å². The number of halogens is 2. The molecule has 0 aliphatic carbocycles. The molecule has 0 unspecified atom stereocenters. The lowest BCUT2D eigenvalue weighted by atomic mass is 10.1. The molecule has 0 amide bonds. The number of carbonyl (C=O) groups excluding carboxylic acids is 1. The molecular weight excluding hydrogens is 226 g/mol. The van der Waals surface area contributed by atoms with Crippen molar-refractivity contribution in [3.63, 3.8) is 0 Å². The molecule has 0 spiro atoms. The topological polar surface area (TPSA) is 34.9 Å². The lowest BCUT2D eigenvalue weighted by Crippen LogP contribution is -2.06. The Kier molecular flexibility index (Phi) is 2.99. The second kappa shape index (κ2) is 4.45. The van der Waals surface area contributed by atoms with Crippen LogP contribution in [0.5, 0.6) is 0 Å². The first-order valence-corrected chi connectivity index (χ1v) is 5.02. The van der Waals surface area contributed by atoms with Crippen molar-refractivity contribution < 1.29 is 13.6 Å². The lowest BCUT2D eigenvalue weighted by molar-refractivity contribution is 0.0987. The fourth-order valence-corrected chi connectivity index (χ4v) is 1.51. The largest absolute Gasteiger partial charge is 0.340 e. The maximum absolute atomic E-state index is 13.3. The summed E-state index contributed by atoms with van der Waals surface area (Å²) in [5.41, 5.74) is 0.289. The van der Waals surface area contributed by atoms with E-state index in [0.717, 1.165) is 6.07 Å². The third-order valence-electron chi connectivity index (χ3n) is 2.37. The van der Waals surface area contributed by atoms with Crippen LogP contribution in [0.3, 0.4) is 0 Å². The number of hydrogen-bond donors (Lipinski definition) is 0. The Morgan fingerprint density at radius 1 is 1.41 bits per heavy atom. The summed E-state index contributed by atoms with van der Waals surface area (Å²) >= 11 is 0. The first kappa shape index (κ1) is 11.4. The highest BCUT2D eigenvalue weighted by Crippen LogP contribution is 2.13. The number of rotatable bonds is 3. The van der Waals surface area contributed by atoms with Crippen LogP contribution in [0.25, 0.3) is 0 Å². The Hall–Kier alpha value is -2.04. The second-order valence-electron chi connectivity index (χ2n) is 3.74. The van der Waals surface area contributed by atoms with Crippen LogP contribution in [0.15, 0.2) is 30.7 Å². The average Bonchev–Trinajstić information content (AvgIpc) is 2.72. The second-order valence-corrected chi connectivity index (χ2v) is 3.74. The number of nitrogens with zero attached hydrogens (tertiary/aromatic N) is 2. The Balaban J connectivity index is 2.21. The van der Waals surface area contributed by atoms with Gasteiger partial charge in [-0.1, -0.05) is 12.1 Å². The van der Waals surface area contributed by atoms with Gasteiger partial charge in [-0.25, -0.2) is 13.8 Å². The number of hydrogen-bond acceptors (Lipinski definition) is 2. The number of Topliss-reactive ketones (excluding diaryl/α,β-unsaturated/α-hetero) is 1. The molecule has 0 saturated carbocycles. The van der Waals surface area contributed by atoms with Crippen molar-refractivity contribution in [2.45, 2.75) is 6.42 Å². The highest BCUT2D eigenvalue weighted by atomic mass is 19.2. The monoisotopic (exact) mass is 236 g/mol.